The fourth-order valence-corrected chi connectivity index (χ4v) is 3.43. The van der Waals surface area contributed by atoms with Crippen LogP contribution in [0.1, 0.15) is 31.4 Å². The maximum Gasteiger partial charge on any atom is 0.234 e. The minimum atomic E-state index is -0.376. The first-order valence-corrected chi connectivity index (χ1v) is 8.39. The predicted molar refractivity (Wildman–Crippen MR) is 85.7 cm³/mol. The van der Waals surface area contributed by atoms with Gasteiger partial charge in [-0.2, -0.15) is 0 Å². The Balaban J connectivity index is 1.42. The largest absolute Gasteiger partial charge is 0.390 e. The summed E-state index contributed by atoms with van der Waals surface area (Å²) < 4.78 is 5.89. The van der Waals surface area contributed by atoms with Crippen LogP contribution in [0.4, 0.5) is 0 Å². The Morgan fingerprint density at radius 2 is 2.26 bits per heavy atom. The molecule has 0 bridgehead atoms. The SMILES string of the molecule is O=C(CN1CCC2(CC1)OCCC[C@@H]2O)NCc1ccccn1. The van der Waals surface area contributed by atoms with E-state index in [0.29, 0.717) is 13.1 Å². The molecule has 0 radical (unpaired) electrons. The molecule has 1 spiro atoms. The van der Waals surface area contributed by atoms with Crippen molar-refractivity contribution in [2.75, 3.05) is 26.2 Å². The van der Waals surface area contributed by atoms with E-state index in [1.54, 1.807) is 6.20 Å². The molecule has 6 heteroatoms. The number of carbonyl (C=O) groups is 1. The van der Waals surface area contributed by atoms with Crippen LogP contribution >= 0.6 is 0 Å². The van der Waals surface area contributed by atoms with Gasteiger partial charge in [0.15, 0.2) is 0 Å². The molecule has 1 aromatic rings. The molecular formula is C17H25N3O3. The minimum absolute atomic E-state index is 0.0108. The molecule has 0 aromatic carbocycles. The fourth-order valence-electron chi connectivity index (χ4n) is 3.43. The van der Waals surface area contributed by atoms with E-state index in [-0.39, 0.29) is 17.6 Å². The van der Waals surface area contributed by atoms with E-state index in [0.717, 1.165) is 51.1 Å². The van der Waals surface area contributed by atoms with Crippen LogP contribution in [0.2, 0.25) is 0 Å². The van der Waals surface area contributed by atoms with E-state index in [9.17, 15) is 9.90 Å². The summed E-state index contributed by atoms with van der Waals surface area (Å²) in [5.74, 6) is 0.0108. The summed E-state index contributed by atoms with van der Waals surface area (Å²) in [7, 11) is 0. The van der Waals surface area contributed by atoms with Gasteiger partial charge in [0.1, 0.15) is 0 Å². The van der Waals surface area contributed by atoms with Crippen molar-refractivity contribution in [2.45, 2.75) is 43.9 Å². The lowest BCUT2D eigenvalue weighted by Crippen LogP contribution is -2.56. The van der Waals surface area contributed by atoms with Crippen molar-refractivity contribution in [3.8, 4) is 0 Å². The minimum Gasteiger partial charge on any atom is -0.390 e. The molecule has 3 heterocycles. The highest BCUT2D eigenvalue weighted by molar-refractivity contribution is 5.77. The molecule has 3 rings (SSSR count). The molecular weight excluding hydrogens is 294 g/mol. The van der Waals surface area contributed by atoms with Gasteiger partial charge < -0.3 is 15.2 Å². The Kier molecular flexibility index (Phi) is 5.25. The predicted octanol–water partition coefficient (Wildman–Crippen LogP) is 0.704. The maximum absolute atomic E-state index is 12.1. The Labute approximate surface area is 136 Å². The molecule has 2 fully saturated rings. The normalized spacial score (nSPS) is 24.5. The molecule has 126 valence electrons. The van der Waals surface area contributed by atoms with Crippen molar-refractivity contribution < 1.29 is 14.6 Å². The van der Waals surface area contributed by atoms with Crippen molar-refractivity contribution in [3.63, 3.8) is 0 Å². The Morgan fingerprint density at radius 1 is 1.43 bits per heavy atom. The number of nitrogens with zero attached hydrogens (tertiary/aromatic N) is 2. The highest BCUT2D eigenvalue weighted by Crippen LogP contribution is 2.35. The van der Waals surface area contributed by atoms with E-state index in [2.05, 4.69) is 15.2 Å². The topological polar surface area (TPSA) is 74.7 Å². The summed E-state index contributed by atoms with van der Waals surface area (Å²) in [6.45, 7) is 3.15. The number of pyridine rings is 1. The van der Waals surface area contributed by atoms with Crippen LogP contribution in [0.15, 0.2) is 24.4 Å². The third kappa shape index (κ3) is 4.07. The third-order valence-corrected chi connectivity index (χ3v) is 4.88. The first-order chi connectivity index (χ1) is 11.2. The van der Waals surface area contributed by atoms with Crippen molar-refractivity contribution in [3.05, 3.63) is 30.1 Å². The van der Waals surface area contributed by atoms with Gasteiger partial charge in [0, 0.05) is 25.9 Å². The van der Waals surface area contributed by atoms with Crippen LogP contribution in [0.5, 0.6) is 0 Å². The number of ether oxygens (including phenoxy) is 1. The molecule has 1 amide bonds. The molecule has 2 saturated heterocycles. The molecule has 0 saturated carbocycles. The fraction of sp³-hybridized carbons (Fsp3) is 0.647. The van der Waals surface area contributed by atoms with Gasteiger partial charge in [-0.25, -0.2) is 0 Å². The number of hydrogen-bond acceptors (Lipinski definition) is 5. The number of amides is 1. The van der Waals surface area contributed by atoms with Crippen molar-refractivity contribution in [2.24, 2.45) is 0 Å². The van der Waals surface area contributed by atoms with E-state index in [1.165, 1.54) is 0 Å². The average Bonchev–Trinajstić information content (AvgIpc) is 2.59. The van der Waals surface area contributed by atoms with Crippen LogP contribution in [0.3, 0.4) is 0 Å². The van der Waals surface area contributed by atoms with Gasteiger partial charge in [0.05, 0.1) is 30.5 Å². The number of nitrogens with one attached hydrogen (secondary N) is 1. The quantitative estimate of drug-likeness (QED) is 0.855. The van der Waals surface area contributed by atoms with E-state index >= 15 is 0 Å². The lowest BCUT2D eigenvalue weighted by molar-refractivity contribution is -0.177. The van der Waals surface area contributed by atoms with Gasteiger partial charge in [0.2, 0.25) is 5.91 Å². The van der Waals surface area contributed by atoms with Crippen molar-refractivity contribution in [1.29, 1.82) is 0 Å². The van der Waals surface area contributed by atoms with Crippen LogP contribution in [0, 0.1) is 0 Å². The van der Waals surface area contributed by atoms with E-state index in [4.69, 9.17) is 4.74 Å². The number of aliphatic hydroxyl groups is 1. The number of hydrogen-bond donors (Lipinski definition) is 2. The van der Waals surface area contributed by atoms with Gasteiger partial charge in [0.25, 0.3) is 0 Å². The molecule has 0 aliphatic carbocycles. The van der Waals surface area contributed by atoms with Crippen molar-refractivity contribution >= 4 is 5.91 Å². The number of aromatic nitrogens is 1. The number of likely N-dealkylation sites (tertiary alicyclic amines) is 1. The standard InChI is InChI=1S/C17H25N3O3/c21-15-5-3-11-23-17(15)6-9-20(10-7-17)13-16(22)19-12-14-4-1-2-8-18-14/h1-2,4,8,15,21H,3,5-7,9-13H2,(H,19,22)/t15-/m0/s1. The van der Waals surface area contributed by atoms with Crippen LogP contribution in [-0.4, -0.2) is 58.8 Å². The Morgan fingerprint density at radius 3 is 2.96 bits per heavy atom. The van der Waals surface area contributed by atoms with Crippen molar-refractivity contribution in [1.82, 2.24) is 15.2 Å². The molecule has 2 aliphatic heterocycles. The number of piperidine rings is 1. The number of aliphatic hydroxyl groups excluding tert-OH is 1. The van der Waals surface area contributed by atoms with Gasteiger partial charge in [-0.3, -0.25) is 14.7 Å². The molecule has 6 nitrogen and oxygen atoms in total. The molecule has 1 atom stereocenters. The summed E-state index contributed by atoms with van der Waals surface area (Å²) in [6, 6.07) is 5.66. The van der Waals surface area contributed by atoms with Gasteiger partial charge in [-0.15, -0.1) is 0 Å². The molecule has 2 aliphatic rings. The Bertz CT molecular complexity index is 515. The maximum atomic E-state index is 12.1. The lowest BCUT2D eigenvalue weighted by atomic mass is 9.82. The summed E-state index contributed by atoms with van der Waals surface area (Å²) in [5.41, 5.74) is 0.483. The zero-order chi connectivity index (χ0) is 16.1. The second kappa shape index (κ2) is 7.38. The van der Waals surface area contributed by atoms with Crippen LogP contribution < -0.4 is 5.32 Å². The molecule has 1 aromatic heterocycles. The molecule has 2 N–H and O–H groups in total. The zero-order valence-electron chi connectivity index (χ0n) is 13.4. The van der Waals surface area contributed by atoms with E-state index in [1.807, 2.05) is 18.2 Å². The third-order valence-electron chi connectivity index (χ3n) is 4.88. The summed E-state index contributed by atoms with van der Waals surface area (Å²) >= 11 is 0. The van der Waals surface area contributed by atoms with Gasteiger partial charge in [-0.05, 0) is 37.8 Å². The van der Waals surface area contributed by atoms with Gasteiger partial charge >= 0.3 is 0 Å². The van der Waals surface area contributed by atoms with E-state index < -0.39 is 0 Å². The molecule has 0 unspecified atom stereocenters. The molecule has 23 heavy (non-hydrogen) atoms. The zero-order valence-corrected chi connectivity index (χ0v) is 13.4. The van der Waals surface area contributed by atoms with Crippen LogP contribution in [0.25, 0.3) is 0 Å². The Hall–Kier alpha value is -1.50. The number of carbonyl (C=O) groups excluding carboxylic acids is 1. The number of rotatable bonds is 4. The lowest BCUT2D eigenvalue weighted by Gasteiger charge is -2.46. The smallest absolute Gasteiger partial charge is 0.234 e. The first kappa shape index (κ1) is 16.4. The second-order valence-electron chi connectivity index (χ2n) is 6.45. The highest BCUT2D eigenvalue weighted by Gasteiger charge is 2.43. The highest BCUT2D eigenvalue weighted by atomic mass is 16.5. The summed E-state index contributed by atoms with van der Waals surface area (Å²) in [5, 5.41) is 13.1. The van der Waals surface area contributed by atoms with Gasteiger partial charge in [-0.1, -0.05) is 6.07 Å². The second-order valence-corrected chi connectivity index (χ2v) is 6.45. The summed E-state index contributed by atoms with van der Waals surface area (Å²) in [6.07, 6.45) is 4.70. The monoisotopic (exact) mass is 319 g/mol. The first-order valence-electron chi connectivity index (χ1n) is 8.39. The summed E-state index contributed by atoms with van der Waals surface area (Å²) in [4.78, 5) is 18.4. The van der Waals surface area contributed by atoms with Crippen LogP contribution in [-0.2, 0) is 16.1 Å². The average molecular weight is 319 g/mol.